The Bertz CT molecular complexity index is 750. The summed E-state index contributed by atoms with van der Waals surface area (Å²) in [5.41, 5.74) is 2.21. The third kappa shape index (κ3) is 4.80. The molecular formula is C22H29N3O2. The molecule has 1 saturated heterocycles. The van der Waals surface area contributed by atoms with Gasteiger partial charge in [0.25, 0.3) is 0 Å². The van der Waals surface area contributed by atoms with Crippen molar-refractivity contribution in [2.24, 2.45) is 0 Å². The first-order chi connectivity index (χ1) is 13.1. The van der Waals surface area contributed by atoms with Crippen LogP contribution in [0, 0.1) is 0 Å². The number of hydrogen-bond acceptors (Lipinski definition) is 3. The molecule has 2 aromatic carbocycles. The minimum Gasteiger partial charge on any atom is -0.494 e. The van der Waals surface area contributed by atoms with Crippen molar-refractivity contribution in [1.82, 2.24) is 15.1 Å². The van der Waals surface area contributed by atoms with Crippen molar-refractivity contribution < 1.29 is 9.53 Å². The Hall–Kier alpha value is -2.53. The van der Waals surface area contributed by atoms with Gasteiger partial charge in [-0.25, -0.2) is 4.79 Å². The fraction of sp³-hybridized carbons (Fsp3) is 0.409. The highest BCUT2D eigenvalue weighted by molar-refractivity contribution is 5.75. The van der Waals surface area contributed by atoms with E-state index in [0.717, 1.165) is 24.4 Å². The molecule has 3 rings (SSSR count). The summed E-state index contributed by atoms with van der Waals surface area (Å²) in [5.74, 6) is 0.831. The number of amides is 2. The highest BCUT2D eigenvalue weighted by Gasteiger charge is 2.30. The van der Waals surface area contributed by atoms with Gasteiger partial charge in [0.2, 0.25) is 0 Å². The van der Waals surface area contributed by atoms with Gasteiger partial charge < -0.3 is 19.9 Å². The number of nitrogens with zero attached hydrogens (tertiary/aromatic N) is 2. The van der Waals surface area contributed by atoms with Crippen molar-refractivity contribution in [2.75, 3.05) is 33.3 Å². The first-order valence-electron chi connectivity index (χ1n) is 9.62. The first-order valence-corrected chi connectivity index (χ1v) is 9.62. The number of rotatable bonds is 5. The second kappa shape index (κ2) is 8.91. The lowest BCUT2D eigenvalue weighted by atomic mass is 10.0. The lowest BCUT2D eigenvalue weighted by Gasteiger charge is -2.40. The Morgan fingerprint density at radius 1 is 1.19 bits per heavy atom. The number of benzene rings is 2. The van der Waals surface area contributed by atoms with E-state index in [2.05, 4.69) is 29.4 Å². The Kier molecular flexibility index (Phi) is 6.35. The van der Waals surface area contributed by atoms with Crippen LogP contribution in [0.5, 0.6) is 5.75 Å². The lowest BCUT2D eigenvalue weighted by Crippen LogP contribution is -2.52. The SMILES string of the molecule is CCOc1cccc(C(C)NC(=O)N2CCN(C)CC2c2ccccc2)c1. The summed E-state index contributed by atoms with van der Waals surface area (Å²) in [6, 6.07) is 18.1. The first kappa shape index (κ1) is 19.2. The predicted octanol–water partition coefficient (Wildman–Crippen LogP) is 3.84. The highest BCUT2D eigenvalue weighted by Crippen LogP contribution is 2.26. The fourth-order valence-electron chi connectivity index (χ4n) is 3.51. The number of carbonyl (C=O) groups is 1. The molecule has 27 heavy (non-hydrogen) atoms. The molecule has 1 aliphatic heterocycles. The molecule has 2 amide bonds. The number of ether oxygens (including phenoxy) is 1. The summed E-state index contributed by atoms with van der Waals surface area (Å²) < 4.78 is 5.58. The summed E-state index contributed by atoms with van der Waals surface area (Å²) in [7, 11) is 2.10. The van der Waals surface area contributed by atoms with Crippen molar-refractivity contribution in [2.45, 2.75) is 25.9 Å². The van der Waals surface area contributed by atoms with Gasteiger partial charge in [-0.05, 0) is 44.2 Å². The summed E-state index contributed by atoms with van der Waals surface area (Å²) in [6.07, 6.45) is 0. The molecule has 0 saturated carbocycles. The molecular weight excluding hydrogens is 338 g/mol. The zero-order valence-electron chi connectivity index (χ0n) is 16.4. The van der Waals surface area contributed by atoms with Gasteiger partial charge in [0.15, 0.2) is 0 Å². The van der Waals surface area contributed by atoms with E-state index in [0.29, 0.717) is 13.2 Å². The van der Waals surface area contributed by atoms with Crippen LogP contribution < -0.4 is 10.1 Å². The molecule has 0 bridgehead atoms. The van der Waals surface area contributed by atoms with E-state index in [4.69, 9.17) is 4.74 Å². The summed E-state index contributed by atoms with van der Waals surface area (Å²) >= 11 is 0. The largest absolute Gasteiger partial charge is 0.494 e. The molecule has 2 atom stereocenters. The molecule has 0 spiro atoms. The summed E-state index contributed by atoms with van der Waals surface area (Å²) in [6.45, 7) is 7.04. The third-order valence-corrected chi connectivity index (χ3v) is 5.04. The smallest absolute Gasteiger partial charge is 0.318 e. The predicted molar refractivity (Wildman–Crippen MR) is 108 cm³/mol. The van der Waals surface area contributed by atoms with Crippen LogP contribution in [0.1, 0.15) is 37.1 Å². The number of carbonyl (C=O) groups excluding carboxylic acids is 1. The van der Waals surface area contributed by atoms with Crippen molar-refractivity contribution in [1.29, 1.82) is 0 Å². The van der Waals surface area contributed by atoms with E-state index in [1.54, 1.807) is 0 Å². The topological polar surface area (TPSA) is 44.8 Å². The Labute approximate surface area is 161 Å². The second-order valence-electron chi connectivity index (χ2n) is 7.06. The van der Waals surface area contributed by atoms with Crippen molar-refractivity contribution in [3.8, 4) is 5.75 Å². The quantitative estimate of drug-likeness (QED) is 0.873. The van der Waals surface area contributed by atoms with Gasteiger partial charge >= 0.3 is 6.03 Å². The average molecular weight is 367 g/mol. The van der Waals surface area contributed by atoms with Gasteiger partial charge in [-0.1, -0.05) is 42.5 Å². The van der Waals surface area contributed by atoms with Crippen LogP contribution in [0.4, 0.5) is 4.79 Å². The summed E-state index contributed by atoms with van der Waals surface area (Å²) in [4.78, 5) is 17.3. The number of nitrogens with one attached hydrogen (secondary N) is 1. The zero-order chi connectivity index (χ0) is 19.2. The van der Waals surface area contributed by atoms with Crippen LogP contribution in [-0.4, -0.2) is 49.1 Å². The maximum atomic E-state index is 13.0. The van der Waals surface area contributed by atoms with Gasteiger partial charge in [-0.15, -0.1) is 0 Å². The molecule has 0 radical (unpaired) electrons. The maximum absolute atomic E-state index is 13.0. The zero-order valence-corrected chi connectivity index (χ0v) is 16.4. The molecule has 0 aliphatic carbocycles. The van der Waals surface area contributed by atoms with Gasteiger partial charge in [0.1, 0.15) is 5.75 Å². The van der Waals surface area contributed by atoms with Crippen LogP contribution in [-0.2, 0) is 0 Å². The highest BCUT2D eigenvalue weighted by atomic mass is 16.5. The van der Waals surface area contributed by atoms with Gasteiger partial charge in [0, 0.05) is 19.6 Å². The molecule has 2 unspecified atom stereocenters. The molecule has 5 heteroatoms. The fourth-order valence-corrected chi connectivity index (χ4v) is 3.51. The molecule has 1 fully saturated rings. The van der Waals surface area contributed by atoms with Gasteiger partial charge in [-0.3, -0.25) is 0 Å². The van der Waals surface area contributed by atoms with E-state index < -0.39 is 0 Å². The number of hydrogen-bond donors (Lipinski definition) is 1. The maximum Gasteiger partial charge on any atom is 0.318 e. The minimum absolute atomic E-state index is 0.0220. The normalized spacial score (nSPS) is 18.8. The molecule has 2 aromatic rings. The number of likely N-dealkylation sites (N-methyl/N-ethyl adjacent to an activating group) is 1. The van der Waals surface area contributed by atoms with E-state index in [1.807, 2.05) is 61.2 Å². The van der Waals surface area contributed by atoms with Gasteiger partial charge in [-0.2, -0.15) is 0 Å². The van der Waals surface area contributed by atoms with Crippen molar-refractivity contribution >= 4 is 6.03 Å². The van der Waals surface area contributed by atoms with E-state index in [-0.39, 0.29) is 18.1 Å². The van der Waals surface area contributed by atoms with E-state index in [9.17, 15) is 4.79 Å². The van der Waals surface area contributed by atoms with E-state index in [1.165, 1.54) is 5.56 Å². The Balaban J connectivity index is 1.72. The number of urea groups is 1. The van der Waals surface area contributed by atoms with Crippen LogP contribution in [0.25, 0.3) is 0 Å². The molecule has 1 heterocycles. The standard InChI is InChI=1S/C22H29N3O2/c1-4-27-20-12-8-11-19(15-20)17(2)23-22(26)25-14-13-24(3)16-21(25)18-9-6-5-7-10-18/h5-12,15,17,21H,4,13-14,16H2,1-3H3,(H,23,26). The van der Waals surface area contributed by atoms with Crippen LogP contribution in [0.2, 0.25) is 0 Å². The molecule has 1 aliphatic rings. The van der Waals surface area contributed by atoms with Crippen LogP contribution >= 0.6 is 0 Å². The monoisotopic (exact) mass is 367 g/mol. The molecule has 0 aromatic heterocycles. The van der Waals surface area contributed by atoms with Crippen molar-refractivity contribution in [3.63, 3.8) is 0 Å². The molecule has 5 nitrogen and oxygen atoms in total. The third-order valence-electron chi connectivity index (χ3n) is 5.04. The average Bonchev–Trinajstić information content (AvgIpc) is 2.69. The second-order valence-corrected chi connectivity index (χ2v) is 7.06. The van der Waals surface area contributed by atoms with Crippen LogP contribution in [0.3, 0.4) is 0 Å². The van der Waals surface area contributed by atoms with Crippen molar-refractivity contribution in [3.05, 3.63) is 65.7 Å². The number of piperazine rings is 1. The molecule has 144 valence electrons. The van der Waals surface area contributed by atoms with Gasteiger partial charge in [0.05, 0.1) is 18.7 Å². The van der Waals surface area contributed by atoms with E-state index >= 15 is 0 Å². The lowest BCUT2D eigenvalue weighted by molar-refractivity contribution is 0.107. The Morgan fingerprint density at radius 2 is 1.96 bits per heavy atom. The summed E-state index contributed by atoms with van der Waals surface area (Å²) in [5, 5.41) is 3.16. The Morgan fingerprint density at radius 3 is 2.70 bits per heavy atom. The molecule has 1 N–H and O–H groups in total. The minimum atomic E-state index is -0.0889. The van der Waals surface area contributed by atoms with Crippen LogP contribution in [0.15, 0.2) is 54.6 Å².